The minimum Gasteiger partial charge on any atom is -0.369 e. The van der Waals surface area contributed by atoms with Gasteiger partial charge in [-0.25, -0.2) is 9.97 Å². The number of hydrogen-bond acceptors (Lipinski definition) is 5. The van der Waals surface area contributed by atoms with Crippen LogP contribution in [0.5, 0.6) is 0 Å². The maximum Gasteiger partial charge on any atom is 0.143 e. The highest BCUT2D eigenvalue weighted by Gasteiger charge is 2.17. The van der Waals surface area contributed by atoms with Crippen molar-refractivity contribution in [3.63, 3.8) is 0 Å². The van der Waals surface area contributed by atoms with Gasteiger partial charge in [-0.1, -0.05) is 5.16 Å². The molecule has 0 amide bonds. The summed E-state index contributed by atoms with van der Waals surface area (Å²) in [5, 5.41) is 8.74. The molecule has 140 valence electrons. The molecule has 7 nitrogen and oxygen atoms in total. The number of hydrogen-bond donors (Lipinski definition) is 1. The average molecular weight is 364 g/mol. The molecule has 0 bridgehead atoms. The smallest absolute Gasteiger partial charge is 0.143 e. The first-order chi connectivity index (χ1) is 13.0. The van der Waals surface area contributed by atoms with Gasteiger partial charge in [-0.15, -0.1) is 0 Å². The molecule has 0 aliphatic rings. The predicted octanol–water partition coefficient (Wildman–Crippen LogP) is 3.85. The van der Waals surface area contributed by atoms with E-state index in [-0.39, 0.29) is 0 Å². The van der Waals surface area contributed by atoms with Crippen molar-refractivity contribution < 1.29 is 4.52 Å². The van der Waals surface area contributed by atoms with E-state index in [1.807, 2.05) is 26.4 Å². The molecule has 0 aromatic carbocycles. The fourth-order valence-corrected chi connectivity index (χ4v) is 3.46. The zero-order chi connectivity index (χ0) is 19.0. The second kappa shape index (κ2) is 6.90. The van der Waals surface area contributed by atoms with Crippen molar-refractivity contribution in [2.24, 2.45) is 7.05 Å². The highest BCUT2D eigenvalue weighted by atomic mass is 16.5. The molecule has 0 spiro atoms. The highest BCUT2D eigenvalue weighted by molar-refractivity contribution is 5.94. The molecule has 0 unspecified atom stereocenters. The number of anilines is 1. The van der Waals surface area contributed by atoms with Gasteiger partial charge >= 0.3 is 0 Å². The van der Waals surface area contributed by atoms with Crippen molar-refractivity contribution in [3.05, 3.63) is 48.0 Å². The fraction of sp³-hybridized carbons (Fsp3) is 0.350. The third-order valence-electron chi connectivity index (χ3n) is 5.01. The Hall–Kier alpha value is -3.09. The van der Waals surface area contributed by atoms with Crippen LogP contribution in [0.15, 0.2) is 35.4 Å². The second-order valence-electron chi connectivity index (χ2n) is 6.91. The Morgan fingerprint density at radius 3 is 2.74 bits per heavy atom. The summed E-state index contributed by atoms with van der Waals surface area (Å²) in [6, 6.07) is 4.29. The van der Waals surface area contributed by atoms with E-state index in [0.717, 1.165) is 58.9 Å². The van der Waals surface area contributed by atoms with Gasteiger partial charge in [-0.2, -0.15) is 0 Å². The Kier molecular flexibility index (Phi) is 4.43. The first kappa shape index (κ1) is 17.3. The molecule has 1 N–H and O–H groups in total. The third-order valence-corrected chi connectivity index (χ3v) is 5.01. The van der Waals surface area contributed by atoms with Crippen molar-refractivity contribution in [2.75, 3.05) is 11.9 Å². The van der Waals surface area contributed by atoms with E-state index in [4.69, 9.17) is 9.51 Å². The van der Waals surface area contributed by atoms with Crippen LogP contribution < -0.4 is 5.32 Å². The molecule has 4 aromatic rings. The summed E-state index contributed by atoms with van der Waals surface area (Å²) >= 11 is 0. The van der Waals surface area contributed by atoms with Crippen molar-refractivity contribution >= 4 is 16.7 Å². The van der Waals surface area contributed by atoms with Crippen molar-refractivity contribution in [3.8, 4) is 11.3 Å². The molecule has 27 heavy (non-hydrogen) atoms. The summed E-state index contributed by atoms with van der Waals surface area (Å²) in [6.07, 6.45) is 6.61. The van der Waals surface area contributed by atoms with Gasteiger partial charge in [-0.3, -0.25) is 0 Å². The van der Waals surface area contributed by atoms with Crippen LogP contribution in [0, 0.1) is 20.8 Å². The number of nitrogens with zero attached hydrogens (tertiary/aromatic N) is 5. The summed E-state index contributed by atoms with van der Waals surface area (Å²) in [7, 11) is 2.08. The number of rotatable bonds is 6. The van der Waals surface area contributed by atoms with Crippen molar-refractivity contribution in [1.29, 1.82) is 0 Å². The third kappa shape index (κ3) is 3.20. The van der Waals surface area contributed by atoms with Gasteiger partial charge in [0.05, 0.1) is 28.8 Å². The van der Waals surface area contributed by atoms with Crippen molar-refractivity contribution in [2.45, 2.75) is 33.7 Å². The molecule has 7 heteroatoms. The van der Waals surface area contributed by atoms with Gasteiger partial charge in [0.2, 0.25) is 0 Å². The first-order valence-electron chi connectivity index (χ1n) is 9.14. The maximum atomic E-state index is 5.35. The molecule has 0 radical (unpaired) electrons. The van der Waals surface area contributed by atoms with E-state index in [1.165, 1.54) is 5.69 Å². The number of aromatic nitrogens is 5. The Morgan fingerprint density at radius 2 is 2.04 bits per heavy atom. The van der Waals surface area contributed by atoms with E-state index < -0.39 is 0 Å². The minimum absolute atomic E-state index is 0.788. The molecule has 4 rings (SSSR count). The SMILES string of the molecule is Cc1noc(C)c1-c1cc2c(cc(C)n2C)c(NCCCn2ccnc2)n1. The molecule has 0 aliphatic carbocycles. The van der Waals surface area contributed by atoms with Crippen molar-refractivity contribution in [1.82, 2.24) is 24.3 Å². The van der Waals surface area contributed by atoms with Gasteiger partial charge < -0.3 is 19.0 Å². The molecule has 0 aliphatic heterocycles. The lowest BCUT2D eigenvalue weighted by Gasteiger charge is -2.11. The number of nitrogens with one attached hydrogen (secondary N) is 1. The monoisotopic (exact) mass is 364 g/mol. The zero-order valence-electron chi connectivity index (χ0n) is 16.2. The lowest BCUT2D eigenvalue weighted by atomic mass is 10.1. The number of fused-ring (bicyclic) bond motifs is 1. The first-order valence-corrected chi connectivity index (χ1v) is 9.14. The lowest BCUT2D eigenvalue weighted by molar-refractivity contribution is 0.393. The highest BCUT2D eigenvalue weighted by Crippen LogP contribution is 2.32. The average Bonchev–Trinajstić information content (AvgIpc) is 3.34. The molecule has 0 saturated carbocycles. The Labute approximate surface area is 158 Å². The van der Waals surface area contributed by atoms with Crippen LogP contribution in [-0.2, 0) is 13.6 Å². The summed E-state index contributed by atoms with van der Waals surface area (Å²) in [5.41, 5.74) is 5.06. The maximum absolute atomic E-state index is 5.35. The van der Waals surface area contributed by atoms with E-state index in [9.17, 15) is 0 Å². The van der Waals surface area contributed by atoms with Gasteiger partial charge in [0.25, 0.3) is 0 Å². The normalized spacial score (nSPS) is 11.4. The predicted molar refractivity (Wildman–Crippen MR) is 106 cm³/mol. The Bertz CT molecular complexity index is 1050. The van der Waals surface area contributed by atoms with E-state index in [2.05, 4.69) is 50.7 Å². The largest absolute Gasteiger partial charge is 0.369 e. The van der Waals surface area contributed by atoms with Crippen LogP contribution in [0.4, 0.5) is 5.82 Å². The summed E-state index contributed by atoms with van der Waals surface area (Å²) in [6.45, 7) is 7.74. The molecule has 4 heterocycles. The Balaban J connectivity index is 1.66. The second-order valence-corrected chi connectivity index (χ2v) is 6.91. The molecule has 0 fully saturated rings. The minimum atomic E-state index is 0.788. The Morgan fingerprint density at radius 1 is 1.19 bits per heavy atom. The van der Waals surface area contributed by atoms with E-state index in [0.29, 0.717) is 0 Å². The van der Waals surface area contributed by atoms with Gasteiger partial charge in [0, 0.05) is 43.6 Å². The summed E-state index contributed by atoms with van der Waals surface area (Å²) in [4.78, 5) is 8.99. The van der Waals surface area contributed by atoms with E-state index in [1.54, 1.807) is 6.20 Å². The number of aryl methyl sites for hydroxylation is 5. The number of pyridine rings is 1. The molecular formula is C20H24N6O. The molecule has 0 atom stereocenters. The van der Waals surface area contributed by atoms with Crippen LogP contribution in [0.2, 0.25) is 0 Å². The molecule has 4 aromatic heterocycles. The van der Waals surface area contributed by atoms with E-state index >= 15 is 0 Å². The lowest BCUT2D eigenvalue weighted by Crippen LogP contribution is -2.08. The topological polar surface area (TPSA) is 73.7 Å². The molecule has 0 saturated heterocycles. The van der Waals surface area contributed by atoms with Crippen LogP contribution in [0.1, 0.15) is 23.6 Å². The van der Waals surface area contributed by atoms with Crippen LogP contribution in [0.25, 0.3) is 22.2 Å². The zero-order valence-corrected chi connectivity index (χ0v) is 16.2. The summed E-state index contributed by atoms with van der Waals surface area (Å²) in [5.74, 6) is 1.69. The van der Waals surface area contributed by atoms with Gasteiger partial charge in [-0.05, 0) is 39.3 Å². The summed E-state index contributed by atoms with van der Waals surface area (Å²) < 4.78 is 9.62. The van der Waals surface area contributed by atoms with Crippen LogP contribution >= 0.6 is 0 Å². The van der Waals surface area contributed by atoms with Crippen LogP contribution in [0.3, 0.4) is 0 Å². The number of imidazole rings is 1. The standard InChI is InChI=1S/C20H24N6O/c1-13-10-16-18(25(13)4)11-17(19-14(2)24-27-15(19)3)23-20(16)22-6-5-8-26-9-7-21-12-26/h7,9-12H,5-6,8H2,1-4H3,(H,22,23). The fourth-order valence-electron chi connectivity index (χ4n) is 3.46. The quantitative estimate of drug-likeness (QED) is 0.526. The molecular weight excluding hydrogens is 340 g/mol. The van der Waals surface area contributed by atoms with Crippen LogP contribution in [-0.4, -0.2) is 30.8 Å². The van der Waals surface area contributed by atoms with Gasteiger partial charge in [0.1, 0.15) is 11.6 Å². The van der Waals surface area contributed by atoms with Gasteiger partial charge in [0.15, 0.2) is 0 Å².